The van der Waals surface area contributed by atoms with Crippen LogP contribution in [0.5, 0.6) is 0 Å². The number of carbonyl (C=O) groups excluding carboxylic acids is 2. The van der Waals surface area contributed by atoms with Gasteiger partial charge >= 0.3 is 5.69 Å². The van der Waals surface area contributed by atoms with E-state index in [1.807, 2.05) is 30.5 Å². The van der Waals surface area contributed by atoms with Crippen LogP contribution in [0.2, 0.25) is 0 Å². The molecule has 4 aromatic rings. The Labute approximate surface area is 199 Å². The van der Waals surface area contributed by atoms with E-state index < -0.39 is 11.8 Å². The molecule has 0 aliphatic rings. The third-order valence-electron chi connectivity index (χ3n) is 5.66. The number of Topliss-reactive ketones (excluding diaryl/α,β-unsaturated/α-hetero) is 1. The van der Waals surface area contributed by atoms with Crippen molar-refractivity contribution in [3.8, 4) is 0 Å². The zero-order chi connectivity index (χ0) is 24.2. The largest absolute Gasteiger partial charge is 0.805 e. The maximum atomic E-state index is 12.7. The average molecular weight is 480 g/mol. The highest BCUT2D eigenvalue weighted by Crippen LogP contribution is 2.19. The van der Waals surface area contributed by atoms with Crippen molar-refractivity contribution in [2.75, 3.05) is 18.1 Å². The van der Waals surface area contributed by atoms with Gasteiger partial charge in [0.25, 0.3) is 5.52 Å². The fourth-order valence-corrected chi connectivity index (χ4v) is 4.62. The average Bonchev–Trinajstić information content (AvgIpc) is 3.25. The fraction of sp³-hybridized carbons (Fsp3) is 0.250. The second-order valence-corrected chi connectivity index (χ2v) is 9.05. The molecule has 0 radical (unpaired) electrons. The first-order valence-electron chi connectivity index (χ1n) is 10.8. The van der Waals surface area contributed by atoms with E-state index in [0.717, 1.165) is 16.5 Å². The number of hydrogen-bond donors (Lipinski definition) is 3. The van der Waals surface area contributed by atoms with Gasteiger partial charge < -0.3 is 26.0 Å². The van der Waals surface area contributed by atoms with Crippen molar-refractivity contribution in [1.82, 2.24) is 15.0 Å². The number of nitrogens with two attached hydrogens (primary N) is 1. The smallest absolute Gasteiger partial charge is 0.325 e. The van der Waals surface area contributed by atoms with Gasteiger partial charge in [-0.2, -0.15) is 11.8 Å². The van der Waals surface area contributed by atoms with Crippen LogP contribution in [0.25, 0.3) is 21.9 Å². The highest BCUT2D eigenvalue weighted by atomic mass is 32.2. The normalized spacial score (nSPS) is 12.2. The molecule has 34 heavy (non-hydrogen) atoms. The molecule has 0 saturated heterocycles. The minimum Gasteiger partial charge on any atom is -0.805 e. The van der Waals surface area contributed by atoms with E-state index in [2.05, 4.69) is 10.3 Å². The molecule has 2 aromatic heterocycles. The van der Waals surface area contributed by atoms with Crippen LogP contribution in [-0.2, 0) is 11.2 Å². The second-order valence-electron chi connectivity index (χ2n) is 7.95. The molecule has 1 atom stereocenters. The van der Waals surface area contributed by atoms with Gasteiger partial charge in [-0.15, -0.1) is 0 Å². The predicted molar refractivity (Wildman–Crippen MR) is 133 cm³/mol. The zero-order valence-electron chi connectivity index (χ0n) is 18.6. The number of aromatic nitrogens is 3. The number of thioether (sulfide) groups is 1. The molecule has 176 valence electrons. The van der Waals surface area contributed by atoms with Crippen molar-refractivity contribution in [2.45, 2.75) is 19.4 Å². The summed E-state index contributed by atoms with van der Waals surface area (Å²) in [6, 6.07) is 13.5. The number of rotatable bonds is 9. The summed E-state index contributed by atoms with van der Waals surface area (Å²) < 4.78 is 1.13. The van der Waals surface area contributed by atoms with Crippen molar-refractivity contribution in [3.05, 3.63) is 81.8 Å². The van der Waals surface area contributed by atoms with E-state index in [9.17, 15) is 19.7 Å². The highest BCUT2D eigenvalue weighted by molar-refractivity contribution is 8.00. The Morgan fingerprint density at radius 3 is 2.76 bits per heavy atom. The van der Waals surface area contributed by atoms with Crippen LogP contribution >= 0.6 is 11.8 Å². The number of amides is 1. The van der Waals surface area contributed by atoms with Gasteiger partial charge in [-0.25, -0.2) is 0 Å². The van der Waals surface area contributed by atoms with E-state index in [4.69, 9.17) is 5.73 Å². The minimum atomic E-state index is -0.696. The summed E-state index contributed by atoms with van der Waals surface area (Å²) in [4.78, 5) is 40.9. The molecular weight excluding hydrogens is 454 g/mol. The Hall–Kier alpha value is -3.63. The van der Waals surface area contributed by atoms with Crippen molar-refractivity contribution >= 4 is 45.4 Å². The van der Waals surface area contributed by atoms with E-state index >= 15 is 0 Å². The number of hydrogen-bond acceptors (Lipinski definition) is 6. The van der Waals surface area contributed by atoms with Gasteiger partial charge in [0.05, 0.1) is 21.9 Å². The second kappa shape index (κ2) is 10.1. The van der Waals surface area contributed by atoms with Crippen LogP contribution in [0, 0.1) is 17.0 Å². The van der Waals surface area contributed by atoms with Crippen molar-refractivity contribution in [2.24, 2.45) is 5.73 Å². The van der Waals surface area contributed by atoms with Crippen LogP contribution in [-0.4, -0.2) is 45.5 Å². The van der Waals surface area contributed by atoms with E-state index in [1.165, 1.54) is 24.8 Å². The Morgan fingerprint density at radius 1 is 1.21 bits per heavy atom. The molecule has 10 heteroatoms. The molecule has 2 heterocycles. The zero-order valence-corrected chi connectivity index (χ0v) is 19.4. The summed E-state index contributed by atoms with van der Waals surface area (Å²) in [7, 11) is 0. The third kappa shape index (κ3) is 4.68. The first-order valence-corrected chi connectivity index (χ1v) is 12.0. The van der Waals surface area contributed by atoms with Crippen molar-refractivity contribution in [1.29, 1.82) is 0 Å². The fourth-order valence-electron chi connectivity index (χ4n) is 3.91. The Balaban J connectivity index is 1.28. The summed E-state index contributed by atoms with van der Waals surface area (Å²) >= 11 is 1.27. The van der Waals surface area contributed by atoms with Gasteiger partial charge in [0.1, 0.15) is 5.52 Å². The summed E-state index contributed by atoms with van der Waals surface area (Å²) in [5, 5.41) is 16.3. The summed E-state index contributed by atoms with van der Waals surface area (Å²) in [5.74, 6) is -0.235. The predicted octanol–water partition coefficient (Wildman–Crippen LogP) is 2.29. The molecule has 4 rings (SSSR count). The van der Waals surface area contributed by atoms with Gasteiger partial charge in [-0.05, 0) is 31.0 Å². The Morgan fingerprint density at radius 2 is 1.94 bits per heavy atom. The number of benzene rings is 2. The highest BCUT2D eigenvalue weighted by Gasteiger charge is 2.26. The van der Waals surface area contributed by atoms with E-state index in [-0.39, 0.29) is 34.1 Å². The Bertz CT molecular complexity index is 1430. The van der Waals surface area contributed by atoms with Gasteiger partial charge in [0.2, 0.25) is 11.7 Å². The maximum Gasteiger partial charge on any atom is 0.325 e. The number of ketones is 1. The molecule has 1 amide bonds. The number of para-hydroxylation sites is 3. The standard InChI is InChI=1S/C24H25N5O4S/c1-15-23(29(33)21-9-5-4-8-20(21)28(15)32)22(30)14-34-11-10-26-24(31)18(25)12-16-13-27-19-7-3-2-6-17(16)19/h2-9,13,18,27H,10-12,14,25H2,1H3,(H,26,31)/t18-/m0/s1. The quantitative estimate of drug-likeness (QED) is 0.191. The lowest BCUT2D eigenvalue weighted by atomic mass is 10.1. The van der Waals surface area contributed by atoms with Gasteiger partial charge in [-0.3, -0.25) is 9.59 Å². The molecule has 0 bridgehead atoms. The topological polar surface area (TPSA) is 139 Å². The molecule has 0 unspecified atom stereocenters. The molecular formula is C24H25N5O4S. The van der Waals surface area contributed by atoms with Gasteiger partial charge in [-0.1, -0.05) is 30.3 Å². The lowest BCUT2D eigenvalue weighted by molar-refractivity contribution is -0.468. The maximum absolute atomic E-state index is 12.7. The van der Waals surface area contributed by atoms with Crippen LogP contribution in [0.1, 0.15) is 21.7 Å². The van der Waals surface area contributed by atoms with Crippen LogP contribution < -0.4 is 15.5 Å². The van der Waals surface area contributed by atoms with Crippen molar-refractivity contribution in [3.63, 3.8) is 0 Å². The molecule has 0 saturated carbocycles. The van der Waals surface area contributed by atoms with E-state index in [0.29, 0.717) is 27.9 Å². The number of H-pyrrole nitrogens is 1. The number of fused-ring (bicyclic) bond motifs is 2. The third-order valence-corrected chi connectivity index (χ3v) is 6.62. The first-order chi connectivity index (χ1) is 16.4. The van der Waals surface area contributed by atoms with Gasteiger partial charge in [0, 0.05) is 40.4 Å². The van der Waals surface area contributed by atoms with Crippen LogP contribution in [0.3, 0.4) is 0 Å². The minimum absolute atomic E-state index is 0.0126. The molecule has 0 aliphatic carbocycles. The molecule has 0 spiro atoms. The first kappa shape index (κ1) is 23.5. The van der Waals surface area contributed by atoms with Crippen molar-refractivity contribution < 1.29 is 14.0 Å². The van der Waals surface area contributed by atoms with Crippen LogP contribution in [0.15, 0.2) is 54.7 Å². The number of aromatic amines is 1. The molecule has 4 N–H and O–H groups in total. The lowest BCUT2D eigenvalue weighted by Gasteiger charge is -2.16. The lowest BCUT2D eigenvalue weighted by Crippen LogP contribution is -2.42. The van der Waals surface area contributed by atoms with E-state index in [1.54, 1.807) is 18.2 Å². The number of nitrogens with one attached hydrogen (secondary N) is 2. The summed E-state index contributed by atoms with van der Waals surface area (Å²) in [5.41, 5.74) is 8.31. The SMILES string of the molecule is Cc1c(C(=O)CSCCNC(=O)[C@@H](N)Cc2c[nH]c3ccccc23)[n+](=O)c2ccccc2n1[O-]. The number of carbonyl (C=O) groups is 2. The number of nitrogens with zero attached hydrogens (tertiary/aromatic N) is 2. The molecule has 0 fully saturated rings. The summed E-state index contributed by atoms with van der Waals surface area (Å²) in [6.45, 7) is 1.79. The molecule has 0 aliphatic heterocycles. The monoisotopic (exact) mass is 479 g/mol. The summed E-state index contributed by atoms with van der Waals surface area (Å²) in [6.07, 6.45) is 2.27. The Kier molecular flexibility index (Phi) is 6.99. The molecule has 9 nitrogen and oxygen atoms in total. The molecule has 2 aromatic carbocycles. The van der Waals surface area contributed by atoms with Gasteiger partial charge in [0.15, 0.2) is 0 Å². The van der Waals surface area contributed by atoms with Crippen LogP contribution in [0.4, 0.5) is 0 Å².